The van der Waals surface area contributed by atoms with Gasteiger partial charge in [0.15, 0.2) is 0 Å². The maximum absolute atomic E-state index is 12.9. The molecule has 2 fully saturated rings. The number of aryl methyl sites for hydroxylation is 1. The van der Waals surface area contributed by atoms with Crippen molar-refractivity contribution in [2.75, 3.05) is 0 Å². The Morgan fingerprint density at radius 2 is 1.74 bits per heavy atom. The first kappa shape index (κ1) is 28.4. The molecule has 0 heterocycles. The van der Waals surface area contributed by atoms with E-state index in [1.54, 1.807) is 12.1 Å². The number of carbonyl (C=O) groups excluding carboxylic acids is 1. The third-order valence-corrected chi connectivity index (χ3v) is 10.8. The maximum atomic E-state index is 12.9. The van der Waals surface area contributed by atoms with Gasteiger partial charge in [0.1, 0.15) is 17.5 Å². The number of ether oxygens (including phenoxy) is 1. The quantitative estimate of drug-likeness (QED) is 0.227. The maximum Gasteiger partial charge on any atom is 0.524 e. The second-order valence-electron chi connectivity index (χ2n) is 13.3. The van der Waals surface area contributed by atoms with Crippen LogP contribution in [-0.2, 0) is 27.6 Å². The smallest absolute Gasteiger partial charge is 0.425 e. The van der Waals surface area contributed by atoms with Gasteiger partial charge >= 0.3 is 13.8 Å². The summed E-state index contributed by atoms with van der Waals surface area (Å²) in [5.74, 6) is 1.41. The number of fused-ring (bicyclic) bond motifs is 5. The van der Waals surface area contributed by atoms with Crippen LogP contribution in [0, 0.1) is 29.6 Å². The van der Waals surface area contributed by atoms with Crippen LogP contribution in [-0.4, -0.2) is 21.8 Å². The second kappa shape index (κ2) is 9.73. The van der Waals surface area contributed by atoms with Crippen molar-refractivity contribution in [3.63, 3.8) is 0 Å². The monoisotopic (exact) mass is 555 g/mol. The molecule has 4 N–H and O–H groups in total. The van der Waals surface area contributed by atoms with Crippen LogP contribution < -0.4 is 15.0 Å². The van der Waals surface area contributed by atoms with E-state index < -0.39 is 19.8 Å². The van der Waals surface area contributed by atoms with Crippen molar-refractivity contribution in [2.24, 2.45) is 28.4 Å². The van der Waals surface area contributed by atoms with E-state index >= 15 is 0 Å². The van der Waals surface area contributed by atoms with Gasteiger partial charge in [-0.3, -0.25) is 9.79 Å². The highest BCUT2D eigenvalue weighted by Gasteiger charge is 2.61. The summed E-state index contributed by atoms with van der Waals surface area (Å²) in [4.78, 5) is 30.8. The van der Waals surface area contributed by atoms with Crippen LogP contribution in [0.5, 0.6) is 11.5 Å². The van der Waals surface area contributed by atoms with Crippen molar-refractivity contribution in [3.8, 4) is 11.5 Å². The topological polar surface area (TPSA) is 119 Å². The highest BCUT2D eigenvalue weighted by molar-refractivity contribution is 7.46. The summed E-state index contributed by atoms with van der Waals surface area (Å²) < 4.78 is 21.4. The lowest BCUT2D eigenvalue weighted by atomic mass is 9.43. The lowest BCUT2D eigenvalue weighted by Gasteiger charge is -2.61. The number of phosphoric acid groups is 1. The Balaban J connectivity index is 1.31. The van der Waals surface area contributed by atoms with Gasteiger partial charge in [0, 0.05) is 0 Å². The predicted octanol–water partition coefficient (Wildman–Crippen LogP) is 6.00. The number of carbonyl (C=O) groups is 1. The van der Waals surface area contributed by atoms with Crippen molar-refractivity contribution >= 4 is 13.8 Å². The Morgan fingerprint density at radius 1 is 1.05 bits per heavy atom. The zero-order valence-electron chi connectivity index (χ0n) is 23.7. The van der Waals surface area contributed by atoms with E-state index in [4.69, 9.17) is 20.3 Å². The molecule has 0 bridgehead atoms. The summed E-state index contributed by atoms with van der Waals surface area (Å²) >= 11 is 0. The molecule has 212 valence electrons. The molecular formula is C31H42NO6P. The summed E-state index contributed by atoms with van der Waals surface area (Å²) in [6.07, 6.45) is 7.63. The fourth-order valence-corrected chi connectivity index (χ4v) is 9.24. The number of esters is 1. The molecule has 0 aliphatic heterocycles. The van der Waals surface area contributed by atoms with Crippen LogP contribution in [0.15, 0.2) is 36.4 Å². The number of phosphoric ester groups is 1. The summed E-state index contributed by atoms with van der Waals surface area (Å²) in [5, 5.41) is 0. The van der Waals surface area contributed by atoms with Crippen molar-refractivity contribution in [1.82, 2.24) is 0 Å². The molecule has 0 spiro atoms. The van der Waals surface area contributed by atoms with Gasteiger partial charge in [-0.2, -0.15) is 0 Å². The third kappa shape index (κ3) is 5.19. The Kier molecular flexibility index (Phi) is 7.07. The van der Waals surface area contributed by atoms with Gasteiger partial charge in [0.25, 0.3) is 0 Å². The van der Waals surface area contributed by atoms with Crippen LogP contribution in [0.1, 0.15) is 82.1 Å². The van der Waals surface area contributed by atoms with Crippen LogP contribution >= 0.6 is 7.82 Å². The van der Waals surface area contributed by atoms with Gasteiger partial charge in [0.05, 0.1) is 0 Å². The molecule has 39 heavy (non-hydrogen) atoms. The predicted molar refractivity (Wildman–Crippen MR) is 151 cm³/mol. The van der Waals surface area contributed by atoms with Crippen LogP contribution in [0.2, 0.25) is 0 Å². The Labute approximate surface area is 231 Å². The molecule has 7 nitrogen and oxygen atoms in total. The van der Waals surface area contributed by atoms with E-state index in [1.807, 2.05) is 6.07 Å². The van der Waals surface area contributed by atoms with Crippen molar-refractivity contribution in [3.05, 3.63) is 58.7 Å². The molecule has 0 aromatic heterocycles. The normalized spacial score (nSPS) is 30.1. The average molecular weight is 556 g/mol. The van der Waals surface area contributed by atoms with E-state index in [9.17, 15) is 9.36 Å². The molecule has 0 radical (unpaired) electrons. The van der Waals surface area contributed by atoms with Gasteiger partial charge in [-0.05, 0) is 120 Å². The highest BCUT2D eigenvalue weighted by atomic mass is 31.2. The van der Waals surface area contributed by atoms with Crippen molar-refractivity contribution in [1.29, 1.82) is 0 Å². The van der Waals surface area contributed by atoms with Crippen molar-refractivity contribution in [2.45, 2.75) is 91.0 Å². The zero-order valence-corrected chi connectivity index (χ0v) is 24.6. The molecule has 3 aliphatic rings. The van der Waals surface area contributed by atoms with Crippen LogP contribution in [0.3, 0.4) is 0 Å². The summed E-state index contributed by atoms with van der Waals surface area (Å²) in [7, 11) is -4.62. The fourth-order valence-electron chi connectivity index (χ4n) is 8.84. The van der Waals surface area contributed by atoms with Gasteiger partial charge in [-0.25, -0.2) is 9.36 Å². The number of rotatable bonds is 6. The second-order valence-corrected chi connectivity index (χ2v) is 14.5. The van der Waals surface area contributed by atoms with E-state index in [1.165, 1.54) is 60.9 Å². The van der Waals surface area contributed by atoms with Crippen LogP contribution in [0.25, 0.3) is 0 Å². The third-order valence-electron chi connectivity index (χ3n) is 10.3. The molecule has 5 atom stereocenters. The number of hydrogen-bond acceptors (Lipinski definition) is 5. The number of nitrogens with two attached hydrogens (primary N) is 1. The SMILES string of the molecule is Cc1cc(OC(=O)C(N)Cc2ccc(OP(=O)(O)O)cc2)cc2c1C1(C)CCC3C(C)(C)CCCC3(C)[C@H]1C2. The number of hydrogen-bond donors (Lipinski definition) is 3. The molecule has 2 aromatic rings. The lowest BCUT2D eigenvalue weighted by Crippen LogP contribution is -2.55. The molecule has 5 rings (SSSR count). The molecule has 2 aromatic carbocycles. The van der Waals surface area contributed by atoms with E-state index in [0.717, 1.165) is 17.9 Å². The molecule has 4 unspecified atom stereocenters. The Hall–Kier alpha value is -2.18. The van der Waals surface area contributed by atoms with Gasteiger partial charge < -0.3 is 15.0 Å². The summed E-state index contributed by atoms with van der Waals surface area (Å²) in [5.41, 5.74) is 11.7. The highest BCUT2D eigenvalue weighted by Crippen LogP contribution is 2.68. The molecule has 0 saturated heterocycles. The van der Waals surface area contributed by atoms with Gasteiger partial charge in [-0.15, -0.1) is 0 Å². The minimum atomic E-state index is -4.62. The molecule has 2 saturated carbocycles. The minimum absolute atomic E-state index is 0.0445. The molecular weight excluding hydrogens is 513 g/mol. The standard InChI is InChI=1S/C31H42NO6P/c1-19-15-23(37-28(33)24(32)16-20-7-9-22(10-8-20)38-39(34,35)36)17-21-18-26-30(4)13-6-12-29(2,3)25(30)11-14-31(26,5)27(19)21/h7-10,15,17,24-26H,6,11-14,16,18,32H2,1-5H3,(H2,34,35,36)/t24?,25?,26-,30?,31?/m1/s1. The number of benzene rings is 2. The van der Waals surface area contributed by atoms with Crippen LogP contribution in [0.4, 0.5) is 0 Å². The first-order valence-electron chi connectivity index (χ1n) is 14.1. The average Bonchev–Trinajstić information content (AvgIpc) is 3.13. The fraction of sp³-hybridized carbons (Fsp3) is 0.581. The minimum Gasteiger partial charge on any atom is -0.425 e. The summed E-state index contributed by atoms with van der Waals surface area (Å²) in [6, 6.07) is 9.31. The first-order chi connectivity index (χ1) is 18.1. The molecule has 0 amide bonds. The Morgan fingerprint density at radius 3 is 2.41 bits per heavy atom. The first-order valence-corrected chi connectivity index (χ1v) is 15.6. The van der Waals surface area contributed by atoms with E-state index in [0.29, 0.717) is 22.5 Å². The summed E-state index contributed by atoms with van der Waals surface area (Å²) in [6.45, 7) is 12.1. The van der Waals surface area contributed by atoms with Crippen molar-refractivity contribution < 1.29 is 28.4 Å². The van der Waals surface area contributed by atoms with E-state index in [2.05, 4.69) is 45.2 Å². The van der Waals surface area contributed by atoms with Gasteiger partial charge in [-0.1, -0.05) is 46.2 Å². The Bertz CT molecular complexity index is 1320. The zero-order chi connectivity index (χ0) is 28.4. The van der Waals surface area contributed by atoms with Gasteiger partial charge in [0.2, 0.25) is 0 Å². The molecule has 8 heteroatoms. The molecule has 3 aliphatic carbocycles. The largest absolute Gasteiger partial charge is 0.524 e. The van der Waals surface area contributed by atoms with E-state index in [-0.39, 0.29) is 17.6 Å². The lowest BCUT2D eigenvalue weighted by molar-refractivity contribution is -0.135.